The highest BCUT2D eigenvalue weighted by Gasteiger charge is 2.32. The van der Waals surface area contributed by atoms with E-state index in [1.165, 1.54) is 6.07 Å². The van der Waals surface area contributed by atoms with Crippen molar-refractivity contribution in [1.82, 2.24) is 0 Å². The molecule has 5 nitrogen and oxygen atoms in total. The lowest BCUT2D eigenvalue weighted by atomic mass is 10.1. The molecule has 0 amide bonds. The third-order valence-electron chi connectivity index (χ3n) is 4.07. The van der Waals surface area contributed by atoms with Gasteiger partial charge in [-0.1, -0.05) is 0 Å². The Morgan fingerprint density at radius 2 is 2.00 bits per heavy atom. The van der Waals surface area contributed by atoms with Crippen molar-refractivity contribution >= 4 is 21.9 Å². The summed E-state index contributed by atoms with van der Waals surface area (Å²) in [6, 6.07) is 5.20. The Morgan fingerprint density at radius 3 is 2.77 bits per heavy atom. The first kappa shape index (κ1) is 13.5. The average molecular weight is 300 g/mol. The third-order valence-corrected chi connectivity index (χ3v) is 4.07. The van der Waals surface area contributed by atoms with Crippen LogP contribution in [0.5, 0.6) is 0 Å². The smallest absolute Gasteiger partial charge is 0.193 e. The summed E-state index contributed by atoms with van der Waals surface area (Å²) in [7, 11) is 0. The van der Waals surface area contributed by atoms with Crippen LogP contribution in [0.1, 0.15) is 18.2 Å². The summed E-state index contributed by atoms with van der Waals surface area (Å²) in [5.74, 6) is -0.182. The number of furan rings is 1. The van der Waals surface area contributed by atoms with E-state index in [-0.39, 0.29) is 5.43 Å². The first-order valence-electron chi connectivity index (χ1n) is 7.27. The number of hydrogen-bond donors (Lipinski definition) is 0. The van der Waals surface area contributed by atoms with Crippen molar-refractivity contribution in [3.05, 3.63) is 46.0 Å². The lowest BCUT2D eigenvalue weighted by molar-refractivity contribution is -0.142. The maximum atomic E-state index is 12.5. The van der Waals surface area contributed by atoms with Crippen molar-refractivity contribution in [1.29, 1.82) is 0 Å². The number of fused-ring (bicyclic) bond motifs is 3. The first-order valence-corrected chi connectivity index (χ1v) is 7.27. The maximum Gasteiger partial charge on any atom is 0.193 e. The molecule has 1 aliphatic rings. The predicted molar refractivity (Wildman–Crippen MR) is 81.0 cm³/mol. The minimum absolute atomic E-state index is 0.0570. The summed E-state index contributed by atoms with van der Waals surface area (Å²) in [6.07, 6.45) is 1.99. The number of aryl methyl sites for hydroxylation is 1. The molecule has 0 unspecified atom stereocenters. The van der Waals surface area contributed by atoms with Gasteiger partial charge in [-0.05, 0) is 31.5 Å². The fourth-order valence-corrected chi connectivity index (χ4v) is 3.06. The van der Waals surface area contributed by atoms with E-state index in [0.717, 1.165) is 10.9 Å². The Balaban J connectivity index is 1.93. The van der Waals surface area contributed by atoms with E-state index in [0.29, 0.717) is 41.9 Å². The Morgan fingerprint density at radius 1 is 1.23 bits per heavy atom. The average Bonchev–Trinajstić information content (AvgIpc) is 3.07. The van der Waals surface area contributed by atoms with Crippen LogP contribution in [0.15, 0.2) is 38.1 Å². The van der Waals surface area contributed by atoms with Gasteiger partial charge in [0, 0.05) is 6.07 Å². The summed E-state index contributed by atoms with van der Waals surface area (Å²) >= 11 is 0. The van der Waals surface area contributed by atoms with E-state index in [1.807, 2.05) is 26.0 Å². The normalized spacial score (nSPS) is 17.5. The molecular formula is C17H16O5. The molecule has 0 radical (unpaired) electrons. The van der Waals surface area contributed by atoms with Crippen LogP contribution in [0.2, 0.25) is 0 Å². The van der Waals surface area contributed by atoms with E-state index < -0.39 is 5.79 Å². The second kappa shape index (κ2) is 4.69. The zero-order valence-electron chi connectivity index (χ0n) is 12.5. The molecular weight excluding hydrogens is 284 g/mol. The highest BCUT2D eigenvalue weighted by Crippen LogP contribution is 2.30. The Labute approximate surface area is 126 Å². The molecule has 0 atom stereocenters. The molecule has 1 aliphatic heterocycles. The molecule has 114 valence electrons. The van der Waals surface area contributed by atoms with E-state index >= 15 is 0 Å². The molecule has 0 spiro atoms. The van der Waals surface area contributed by atoms with Crippen LogP contribution in [-0.4, -0.2) is 19.0 Å². The standard InChI is InChI=1S/C17H16O5/c1-10-7-14-12(3-4-19-14)16-15(10)13(18)8-11(22-16)9-17(2)20-5-6-21-17/h3-4,7-8H,5-6,9H2,1-2H3. The molecule has 0 saturated carbocycles. The molecule has 0 bridgehead atoms. The monoisotopic (exact) mass is 300 g/mol. The Bertz CT molecular complexity index is 912. The summed E-state index contributed by atoms with van der Waals surface area (Å²) < 4.78 is 22.6. The van der Waals surface area contributed by atoms with E-state index in [9.17, 15) is 4.79 Å². The fourth-order valence-electron chi connectivity index (χ4n) is 3.06. The number of benzene rings is 1. The maximum absolute atomic E-state index is 12.5. The van der Waals surface area contributed by atoms with Crippen LogP contribution >= 0.6 is 0 Å². The largest absolute Gasteiger partial charge is 0.464 e. The summed E-state index contributed by atoms with van der Waals surface area (Å²) in [4.78, 5) is 12.5. The summed E-state index contributed by atoms with van der Waals surface area (Å²) in [6.45, 7) is 4.85. The van der Waals surface area contributed by atoms with E-state index in [1.54, 1.807) is 6.26 Å². The van der Waals surface area contributed by atoms with Gasteiger partial charge in [-0.15, -0.1) is 0 Å². The number of rotatable bonds is 2. The van der Waals surface area contributed by atoms with Crippen LogP contribution in [0.4, 0.5) is 0 Å². The number of ether oxygens (including phenoxy) is 2. The first-order chi connectivity index (χ1) is 10.6. The highest BCUT2D eigenvalue weighted by molar-refractivity contribution is 6.03. The second-order valence-electron chi connectivity index (χ2n) is 5.81. The fraction of sp³-hybridized carbons (Fsp3) is 0.353. The minimum atomic E-state index is -0.733. The molecule has 0 aliphatic carbocycles. The third kappa shape index (κ3) is 2.05. The molecule has 1 fully saturated rings. The Kier molecular flexibility index (Phi) is 2.89. The Hall–Kier alpha value is -2.11. The molecule has 3 heterocycles. The van der Waals surface area contributed by atoms with Crippen molar-refractivity contribution in [3.8, 4) is 0 Å². The summed E-state index contributed by atoms with van der Waals surface area (Å²) in [5, 5.41) is 1.40. The topological polar surface area (TPSA) is 61.8 Å². The van der Waals surface area contributed by atoms with Crippen molar-refractivity contribution in [2.24, 2.45) is 0 Å². The summed E-state index contributed by atoms with van der Waals surface area (Å²) in [5.41, 5.74) is 2.06. The molecule has 22 heavy (non-hydrogen) atoms. The zero-order valence-corrected chi connectivity index (χ0v) is 12.5. The predicted octanol–water partition coefficient (Wildman–Crippen LogP) is 3.15. The van der Waals surface area contributed by atoms with Crippen LogP contribution in [0, 0.1) is 6.92 Å². The molecule has 4 rings (SSSR count). The van der Waals surface area contributed by atoms with Gasteiger partial charge in [0.25, 0.3) is 0 Å². The van der Waals surface area contributed by atoms with Gasteiger partial charge in [0.15, 0.2) is 11.2 Å². The van der Waals surface area contributed by atoms with Crippen LogP contribution in [-0.2, 0) is 15.9 Å². The van der Waals surface area contributed by atoms with Gasteiger partial charge in [0.05, 0.1) is 36.7 Å². The zero-order chi connectivity index (χ0) is 15.3. The van der Waals surface area contributed by atoms with Gasteiger partial charge in [0.2, 0.25) is 0 Å². The lowest BCUT2D eigenvalue weighted by Gasteiger charge is -2.21. The quantitative estimate of drug-likeness (QED) is 0.727. The van der Waals surface area contributed by atoms with Crippen LogP contribution in [0.3, 0.4) is 0 Å². The molecule has 2 aromatic heterocycles. The molecule has 5 heteroatoms. The van der Waals surface area contributed by atoms with Crippen molar-refractivity contribution in [2.75, 3.05) is 13.2 Å². The van der Waals surface area contributed by atoms with Crippen LogP contribution < -0.4 is 5.43 Å². The molecule has 3 aromatic rings. The lowest BCUT2D eigenvalue weighted by Crippen LogP contribution is -2.28. The van der Waals surface area contributed by atoms with Crippen molar-refractivity contribution in [3.63, 3.8) is 0 Å². The van der Waals surface area contributed by atoms with Gasteiger partial charge in [-0.3, -0.25) is 4.79 Å². The van der Waals surface area contributed by atoms with E-state index in [2.05, 4.69) is 0 Å². The van der Waals surface area contributed by atoms with Crippen molar-refractivity contribution in [2.45, 2.75) is 26.1 Å². The minimum Gasteiger partial charge on any atom is -0.464 e. The molecule has 1 aromatic carbocycles. The van der Waals surface area contributed by atoms with Gasteiger partial charge < -0.3 is 18.3 Å². The molecule has 0 N–H and O–H groups in total. The second-order valence-corrected chi connectivity index (χ2v) is 5.81. The van der Waals surface area contributed by atoms with Crippen LogP contribution in [0.25, 0.3) is 21.9 Å². The number of hydrogen-bond acceptors (Lipinski definition) is 5. The SMILES string of the molecule is Cc1cc2occc2c2oc(CC3(C)OCCO3)cc(=O)c12. The van der Waals surface area contributed by atoms with Gasteiger partial charge in [-0.25, -0.2) is 0 Å². The van der Waals surface area contributed by atoms with Gasteiger partial charge in [0.1, 0.15) is 16.9 Å². The van der Waals surface area contributed by atoms with Gasteiger partial charge >= 0.3 is 0 Å². The van der Waals surface area contributed by atoms with Crippen molar-refractivity contribution < 1.29 is 18.3 Å². The highest BCUT2D eigenvalue weighted by atomic mass is 16.7. The van der Waals surface area contributed by atoms with Gasteiger partial charge in [-0.2, -0.15) is 0 Å². The van der Waals surface area contributed by atoms with E-state index in [4.69, 9.17) is 18.3 Å². The molecule has 1 saturated heterocycles.